The van der Waals surface area contributed by atoms with Crippen LogP contribution in [0.15, 0.2) is 10.8 Å². The lowest BCUT2D eigenvalue weighted by molar-refractivity contribution is 0.123. The third-order valence-electron chi connectivity index (χ3n) is 4.11. The van der Waals surface area contributed by atoms with Gasteiger partial charge in [0.05, 0.1) is 11.8 Å². The van der Waals surface area contributed by atoms with Gasteiger partial charge in [0, 0.05) is 25.6 Å². The van der Waals surface area contributed by atoms with E-state index in [4.69, 9.17) is 4.42 Å². The van der Waals surface area contributed by atoms with Crippen molar-refractivity contribution in [3.63, 3.8) is 0 Å². The van der Waals surface area contributed by atoms with E-state index in [0.717, 1.165) is 37.5 Å². The van der Waals surface area contributed by atoms with E-state index in [1.54, 1.807) is 0 Å². The molecule has 0 bridgehead atoms. The van der Waals surface area contributed by atoms with Crippen LogP contribution in [-0.2, 0) is 6.54 Å². The highest BCUT2D eigenvalue weighted by Gasteiger charge is 2.41. The van der Waals surface area contributed by atoms with E-state index in [-0.39, 0.29) is 6.10 Å². The minimum Gasteiger partial charge on any atom is -0.448 e. The number of aliphatic hydroxyl groups is 1. The number of likely N-dealkylation sites (tertiary alicyclic amines) is 1. The quantitative estimate of drug-likeness (QED) is 0.816. The molecule has 1 aromatic heterocycles. The Bertz CT molecular complexity index is 377. The molecule has 3 rings (SSSR count). The van der Waals surface area contributed by atoms with Gasteiger partial charge in [-0.1, -0.05) is 0 Å². The van der Waals surface area contributed by atoms with Crippen molar-refractivity contribution in [1.29, 1.82) is 0 Å². The molecule has 3 atom stereocenters. The Morgan fingerprint density at radius 2 is 2.38 bits per heavy atom. The molecular weight excluding hydrogens is 204 g/mol. The zero-order valence-corrected chi connectivity index (χ0v) is 9.59. The standard InChI is InChI=1S/C12H18N2O2/c1-8-11(13-7-16-8)6-14-4-9-2-3-12(15)10(9)5-14/h7,9-10,12,15H,2-6H2,1H3. The second-order valence-electron chi connectivity index (χ2n) is 5.12. The molecule has 0 spiro atoms. The fourth-order valence-corrected chi connectivity index (χ4v) is 3.15. The van der Waals surface area contributed by atoms with Crippen LogP contribution in [0.3, 0.4) is 0 Å². The number of nitrogens with zero attached hydrogens (tertiary/aromatic N) is 2. The van der Waals surface area contributed by atoms with Gasteiger partial charge in [-0.3, -0.25) is 4.90 Å². The van der Waals surface area contributed by atoms with Gasteiger partial charge in [-0.2, -0.15) is 0 Å². The normalized spacial score (nSPS) is 34.5. The Labute approximate surface area is 95.3 Å². The Balaban J connectivity index is 1.65. The van der Waals surface area contributed by atoms with Crippen molar-refractivity contribution >= 4 is 0 Å². The first-order valence-electron chi connectivity index (χ1n) is 6.03. The van der Waals surface area contributed by atoms with E-state index in [0.29, 0.717) is 11.8 Å². The first-order chi connectivity index (χ1) is 7.74. The Morgan fingerprint density at radius 1 is 1.50 bits per heavy atom. The summed E-state index contributed by atoms with van der Waals surface area (Å²) in [5.74, 6) is 2.10. The van der Waals surface area contributed by atoms with Crippen LogP contribution in [0.2, 0.25) is 0 Å². The van der Waals surface area contributed by atoms with Gasteiger partial charge >= 0.3 is 0 Å². The molecule has 1 saturated heterocycles. The summed E-state index contributed by atoms with van der Waals surface area (Å²) in [4.78, 5) is 6.61. The maximum atomic E-state index is 9.84. The predicted octanol–water partition coefficient (Wildman–Crippen LogP) is 1.19. The molecule has 0 radical (unpaired) electrons. The summed E-state index contributed by atoms with van der Waals surface area (Å²) < 4.78 is 5.20. The summed E-state index contributed by atoms with van der Waals surface area (Å²) in [5.41, 5.74) is 1.04. The van der Waals surface area contributed by atoms with Crippen LogP contribution in [0.5, 0.6) is 0 Å². The summed E-state index contributed by atoms with van der Waals surface area (Å²) in [5, 5.41) is 9.84. The second kappa shape index (κ2) is 3.86. The molecule has 16 heavy (non-hydrogen) atoms. The van der Waals surface area contributed by atoms with Gasteiger partial charge in [-0.15, -0.1) is 0 Å². The Morgan fingerprint density at radius 3 is 3.06 bits per heavy atom. The maximum absolute atomic E-state index is 9.84. The molecule has 0 amide bonds. The van der Waals surface area contributed by atoms with Crippen molar-refractivity contribution in [2.45, 2.75) is 32.4 Å². The van der Waals surface area contributed by atoms with Crippen molar-refractivity contribution in [2.24, 2.45) is 11.8 Å². The van der Waals surface area contributed by atoms with Crippen LogP contribution >= 0.6 is 0 Å². The Kier molecular flexibility index (Phi) is 2.48. The number of aryl methyl sites for hydroxylation is 1. The van der Waals surface area contributed by atoms with Crippen LogP contribution in [0.4, 0.5) is 0 Å². The van der Waals surface area contributed by atoms with Gasteiger partial charge in [0.2, 0.25) is 0 Å². The first kappa shape index (κ1) is 10.3. The molecule has 1 saturated carbocycles. The smallest absolute Gasteiger partial charge is 0.181 e. The van der Waals surface area contributed by atoms with Gasteiger partial charge in [-0.05, 0) is 25.7 Å². The third kappa shape index (κ3) is 1.66. The van der Waals surface area contributed by atoms with Crippen LogP contribution < -0.4 is 0 Å². The van der Waals surface area contributed by atoms with Gasteiger partial charge in [-0.25, -0.2) is 4.98 Å². The molecule has 1 aromatic rings. The maximum Gasteiger partial charge on any atom is 0.181 e. The predicted molar refractivity (Wildman–Crippen MR) is 58.7 cm³/mol. The summed E-state index contributed by atoms with van der Waals surface area (Å²) in [6, 6.07) is 0. The lowest BCUT2D eigenvalue weighted by Gasteiger charge is -2.16. The number of aromatic nitrogens is 1. The number of hydrogen-bond acceptors (Lipinski definition) is 4. The largest absolute Gasteiger partial charge is 0.448 e. The molecule has 88 valence electrons. The van der Waals surface area contributed by atoms with Crippen molar-refractivity contribution in [1.82, 2.24) is 9.88 Å². The second-order valence-corrected chi connectivity index (χ2v) is 5.12. The van der Waals surface area contributed by atoms with E-state index in [2.05, 4.69) is 9.88 Å². The molecular formula is C12H18N2O2. The number of aliphatic hydroxyl groups excluding tert-OH is 1. The highest BCUT2D eigenvalue weighted by Crippen LogP contribution is 2.38. The highest BCUT2D eigenvalue weighted by atomic mass is 16.3. The minimum absolute atomic E-state index is 0.0756. The number of hydrogen-bond donors (Lipinski definition) is 1. The zero-order valence-electron chi connectivity index (χ0n) is 9.59. The lowest BCUT2D eigenvalue weighted by Crippen LogP contribution is -2.24. The molecule has 4 heteroatoms. The SMILES string of the molecule is Cc1ocnc1CN1CC2CCC(O)C2C1. The van der Waals surface area contributed by atoms with Gasteiger partial charge in [0.25, 0.3) is 0 Å². The fourth-order valence-electron chi connectivity index (χ4n) is 3.15. The fraction of sp³-hybridized carbons (Fsp3) is 0.750. The van der Waals surface area contributed by atoms with Crippen molar-refractivity contribution in [3.05, 3.63) is 17.8 Å². The molecule has 4 nitrogen and oxygen atoms in total. The van der Waals surface area contributed by atoms with Crippen molar-refractivity contribution in [3.8, 4) is 0 Å². The van der Waals surface area contributed by atoms with E-state index in [1.165, 1.54) is 12.8 Å². The minimum atomic E-state index is -0.0756. The average molecular weight is 222 g/mol. The van der Waals surface area contributed by atoms with Gasteiger partial charge < -0.3 is 9.52 Å². The lowest BCUT2D eigenvalue weighted by atomic mass is 10.00. The molecule has 1 aliphatic heterocycles. The molecule has 2 aliphatic rings. The van der Waals surface area contributed by atoms with Crippen LogP contribution in [0, 0.1) is 18.8 Å². The van der Waals surface area contributed by atoms with Crippen molar-refractivity contribution < 1.29 is 9.52 Å². The molecule has 2 heterocycles. The van der Waals surface area contributed by atoms with Crippen LogP contribution in [0.1, 0.15) is 24.3 Å². The van der Waals surface area contributed by atoms with Crippen LogP contribution in [-0.4, -0.2) is 34.2 Å². The van der Waals surface area contributed by atoms with Gasteiger partial charge in [0.1, 0.15) is 5.76 Å². The summed E-state index contributed by atoms with van der Waals surface area (Å²) >= 11 is 0. The number of oxazole rings is 1. The summed E-state index contributed by atoms with van der Waals surface area (Å²) in [7, 11) is 0. The average Bonchev–Trinajstić information content (AvgIpc) is 2.90. The van der Waals surface area contributed by atoms with Crippen LogP contribution in [0.25, 0.3) is 0 Å². The molecule has 1 N–H and O–H groups in total. The molecule has 0 aromatic carbocycles. The molecule has 2 fully saturated rings. The Hall–Kier alpha value is -0.870. The summed E-state index contributed by atoms with van der Waals surface area (Å²) in [6.07, 6.45) is 3.61. The number of fused-ring (bicyclic) bond motifs is 1. The monoisotopic (exact) mass is 222 g/mol. The van der Waals surface area contributed by atoms with E-state index in [9.17, 15) is 5.11 Å². The molecule has 3 unspecified atom stereocenters. The summed E-state index contributed by atoms with van der Waals surface area (Å²) in [6.45, 7) is 4.93. The number of rotatable bonds is 2. The van der Waals surface area contributed by atoms with E-state index < -0.39 is 0 Å². The third-order valence-corrected chi connectivity index (χ3v) is 4.11. The zero-order chi connectivity index (χ0) is 11.1. The highest BCUT2D eigenvalue weighted by molar-refractivity contribution is 5.06. The van der Waals surface area contributed by atoms with Gasteiger partial charge in [0.15, 0.2) is 6.39 Å². The van der Waals surface area contributed by atoms with Crippen molar-refractivity contribution in [2.75, 3.05) is 13.1 Å². The van der Waals surface area contributed by atoms with E-state index in [1.807, 2.05) is 6.92 Å². The molecule has 1 aliphatic carbocycles. The first-order valence-corrected chi connectivity index (χ1v) is 6.03. The topological polar surface area (TPSA) is 49.5 Å². The van der Waals surface area contributed by atoms with E-state index >= 15 is 0 Å².